The summed E-state index contributed by atoms with van der Waals surface area (Å²) in [5, 5.41) is 6.22. The summed E-state index contributed by atoms with van der Waals surface area (Å²) < 4.78 is 49.8. The lowest BCUT2D eigenvalue weighted by Crippen LogP contribution is -2.43. The minimum absolute atomic E-state index is 0. The summed E-state index contributed by atoms with van der Waals surface area (Å²) in [6, 6.07) is 9.60. The van der Waals surface area contributed by atoms with E-state index in [0.717, 1.165) is 37.4 Å². The number of hydrogen-bond donors (Lipinski definition) is 2. The van der Waals surface area contributed by atoms with Crippen molar-refractivity contribution in [1.29, 1.82) is 0 Å². The summed E-state index contributed by atoms with van der Waals surface area (Å²) >= 11 is 0. The minimum Gasteiger partial charge on any atom is -0.497 e. The van der Waals surface area contributed by atoms with Crippen molar-refractivity contribution in [3.8, 4) is 11.5 Å². The molecular formula is C21H25ClF3N3O3. The third-order valence-electron chi connectivity index (χ3n) is 4.88. The van der Waals surface area contributed by atoms with Crippen LogP contribution in [0.4, 0.5) is 24.5 Å². The number of nitrogens with zero attached hydrogens (tertiary/aromatic N) is 1. The molecule has 6 nitrogen and oxygen atoms in total. The van der Waals surface area contributed by atoms with Crippen LogP contribution < -0.4 is 25.0 Å². The van der Waals surface area contributed by atoms with E-state index in [-0.39, 0.29) is 24.6 Å². The smallest absolute Gasteiger partial charge is 0.454 e. The molecule has 2 aromatic rings. The summed E-state index contributed by atoms with van der Waals surface area (Å²) in [5.74, 6) is -0.750. The molecule has 31 heavy (non-hydrogen) atoms. The van der Waals surface area contributed by atoms with E-state index in [2.05, 4.69) is 15.5 Å². The van der Waals surface area contributed by atoms with Crippen LogP contribution in [0.2, 0.25) is 0 Å². The summed E-state index contributed by atoms with van der Waals surface area (Å²) in [7, 11) is 3.03. The number of piperazine rings is 1. The fourth-order valence-corrected chi connectivity index (χ4v) is 3.31. The number of anilines is 2. The first-order chi connectivity index (χ1) is 14.3. The lowest BCUT2D eigenvalue weighted by Gasteiger charge is -2.30. The number of carbonyl (C=O) groups is 1. The second kappa shape index (κ2) is 10.6. The first kappa shape index (κ1) is 24.6. The SMILES string of the molecule is COc1cc(CNc2cc(N3CCNCC3)ccc2C(=O)C(F)(F)F)cc(OC)c1.Cl. The van der Waals surface area contributed by atoms with Crippen molar-refractivity contribution in [2.24, 2.45) is 0 Å². The van der Waals surface area contributed by atoms with Crippen LogP contribution in [0.3, 0.4) is 0 Å². The van der Waals surface area contributed by atoms with Crippen LogP contribution >= 0.6 is 12.4 Å². The Morgan fingerprint density at radius 2 is 1.68 bits per heavy atom. The van der Waals surface area contributed by atoms with E-state index in [0.29, 0.717) is 11.5 Å². The molecule has 3 rings (SSSR count). The normalized spacial score (nSPS) is 13.9. The first-order valence-corrected chi connectivity index (χ1v) is 9.49. The quantitative estimate of drug-likeness (QED) is 0.612. The maximum absolute atomic E-state index is 13.1. The van der Waals surface area contributed by atoms with Crippen molar-refractivity contribution in [3.63, 3.8) is 0 Å². The van der Waals surface area contributed by atoms with Crippen molar-refractivity contribution in [2.45, 2.75) is 12.7 Å². The molecule has 0 spiro atoms. The highest BCUT2D eigenvalue weighted by atomic mass is 35.5. The molecule has 0 aromatic heterocycles. The predicted octanol–water partition coefficient (Wildman–Crippen LogP) is 3.89. The molecule has 0 radical (unpaired) electrons. The van der Waals surface area contributed by atoms with Gasteiger partial charge in [0, 0.05) is 50.2 Å². The number of hydrogen-bond acceptors (Lipinski definition) is 6. The predicted molar refractivity (Wildman–Crippen MR) is 116 cm³/mol. The third-order valence-corrected chi connectivity index (χ3v) is 4.88. The molecular weight excluding hydrogens is 435 g/mol. The molecule has 0 aliphatic carbocycles. The number of alkyl halides is 3. The van der Waals surface area contributed by atoms with Crippen LogP contribution in [0.1, 0.15) is 15.9 Å². The van der Waals surface area contributed by atoms with Crippen molar-refractivity contribution in [3.05, 3.63) is 47.5 Å². The van der Waals surface area contributed by atoms with Gasteiger partial charge in [0.1, 0.15) is 11.5 Å². The van der Waals surface area contributed by atoms with Gasteiger partial charge in [0.25, 0.3) is 5.78 Å². The van der Waals surface area contributed by atoms with E-state index in [4.69, 9.17) is 9.47 Å². The van der Waals surface area contributed by atoms with Gasteiger partial charge in [0.2, 0.25) is 0 Å². The van der Waals surface area contributed by atoms with Crippen LogP contribution in [0.15, 0.2) is 36.4 Å². The standard InChI is InChI=1S/C21H24F3N3O3.ClH/c1-29-16-9-14(10-17(12-16)30-2)13-26-19-11-15(27-7-5-25-6-8-27)3-4-18(19)20(28)21(22,23)24;/h3-4,9-12,25-26H,5-8,13H2,1-2H3;1H. The molecule has 1 saturated heterocycles. The van der Waals surface area contributed by atoms with Crippen LogP contribution in [0.25, 0.3) is 0 Å². The second-order valence-electron chi connectivity index (χ2n) is 6.87. The number of halogens is 4. The fourth-order valence-electron chi connectivity index (χ4n) is 3.31. The lowest BCUT2D eigenvalue weighted by atomic mass is 10.1. The van der Waals surface area contributed by atoms with Crippen LogP contribution in [-0.2, 0) is 6.54 Å². The van der Waals surface area contributed by atoms with Gasteiger partial charge < -0.3 is 25.0 Å². The molecule has 0 saturated carbocycles. The number of ketones is 1. The van der Waals surface area contributed by atoms with E-state index >= 15 is 0 Å². The zero-order chi connectivity index (χ0) is 21.7. The Balaban J connectivity index is 0.00000341. The Hall–Kier alpha value is -2.65. The van der Waals surface area contributed by atoms with Gasteiger partial charge >= 0.3 is 6.18 Å². The average Bonchev–Trinajstić information content (AvgIpc) is 2.76. The summed E-state index contributed by atoms with van der Waals surface area (Å²) in [6.45, 7) is 3.24. The Kier molecular flexibility index (Phi) is 8.41. The van der Waals surface area contributed by atoms with Gasteiger partial charge in [-0.25, -0.2) is 0 Å². The van der Waals surface area contributed by atoms with E-state index in [1.807, 2.05) is 0 Å². The van der Waals surface area contributed by atoms with E-state index < -0.39 is 17.5 Å². The highest BCUT2D eigenvalue weighted by Gasteiger charge is 2.40. The number of nitrogens with one attached hydrogen (secondary N) is 2. The molecule has 1 aliphatic rings. The Labute approximate surface area is 185 Å². The summed E-state index contributed by atoms with van der Waals surface area (Å²) in [5.41, 5.74) is 1.23. The maximum atomic E-state index is 13.1. The molecule has 0 unspecified atom stereocenters. The fraction of sp³-hybridized carbons (Fsp3) is 0.381. The summed E-state index contributed by atoms with van der Waals surface area (Å²) in [6.07, 6.45) is -4.95. The minimum atomic E-state index is -4.95. The highest BCUT2D eigenvalue weighted by Crippen LogP contribution is 2.31. The second-order valence-corrected chi connectivity index (χ2v) is 6.87. The lowest BCUT2D eigenvalue weighted by molar-refractivity contribution is -0.0884. The monoisotopic (exact) mass is 459 g/mol. The molecule has 0 bridgehead atoms. The van der Waals surface area contributed by atoms with Gasteiger partial charge in [-0.3, -0.25) is 4.79 Å². The van der Waals surface area contributed by atoms with E-state index in [1.54, 1.807) is 30.3 Å². The number of Topliss-reactive ketones (excluding diaryl/α,β-unsaturated/α-hetero) is 1. The molecule has 2 N–H and O–H groups in total. The molecule has 170 valence electrons. The van der Waals surface area contributed by atoms with E-state index in [9.17, 15) is 18.0 Å². The van der Waals surface area contributed by atoms with Crippen LogP contribution in [-0.4, -0.2) is 52.4 Å². The highest BCUT2D eigenvalue weighted by molar-refractivity contribution is 6.05. The van der Waals surface area contributed by atoms with Gasteiger partial charge in [-0.1, -0.05) is 0 Å². The van der Waals surface area contributed by atoms with Crippen molar-refractivity contribution in [2.75, 3.05) is 50.6 Å². The Morgan fingerprint density at radius 3 is 2.23 bits per heavy atom. The van der Waals surface area contributed by atoms with Gasteiger partial charge in [0.15, 0.2) is 0 Å². The Morgan fingerprint density at radius 1 is 1.06 bits per heavy atom. The van der Waals surface area contributed by atoms with Gasteiger partial charge in [-0.2, -0.15) is 13.2 Å². The molecule has 0 amide bonds. The van der Waals surface area contributed by atoms with Crippen molar-refractivity contribution in [1.82, 2.24) is 5.32 Å². The number of carbonyl (C=O) groups excluding carboxylic acids is 1. The largest absolute Gasteiger partial charge is 0.497 e. The molecule has 0 atom stereocenters. The topological polar surface area (TPSA) is 62.8 Å². The summed E-state index contributed by atoms with van der Waals surface area (Å²) in [4.78, 5) is 14.0. The van der Waals surface area contributed by atoms with Gasteiger partial charge in [-0.05, 0) is 35.9 Å². The zero-order valence-corrected chi connectivity index (χ0v) is 18.0. The molecule has 1 aliphatic heterocycles. The molecule has 1 fully saturated rings. The average molecular weight is 460 g/mol. The van der Waals surface area contributed by atoms with Crippen LogP contribution in [0, 0.1) is 0 Å². The van der Waals surface area contributed by atoms with Crippen molar-refractivity contribution >= 4 is 29.6 Å². The third kappa shape index (κ3) is 6.18. The van der Waals surface area contributed by atoms with Gasteiger partial charge in [-0.15, -0.1) is 12.4 Å². The molecule has 10 heteroatoms. The Bertz CT molecular complexity index is 881. The number of methoxy groups -OCH3 is 2. The van der Waals surface area contributed by atoms with Crippen LogP contribution in [0.5, 0.6) is 11.5 Å². The van der Waals surface area contributed by atoms with Gasteiger partial charge in [0.05, 0.1) is 19.8 Å². The van der Waals surface area contributed by atoms with E-state index in [1.165, 1.54) is 20.3 Å². The zero-order valence-electron chi connectivity index (χ0n) is 17.2. The number of ether oxygens (including phenoxy) is 2. The number of rotatable bonds is 7. The van der Waals surface area contributed by atoms with Crippen molar-refractivity contribution < 1.29 is 27.4 Å². The number of benzene rings is 2. The molecule has 1 heterocycles. The maximum Gasteiger partial charge on any atom is 0.454 e. The molecule has 2 aromatic carbocycles. The first-order valence-electron chi connectivity index (χ1n) is 9.49.